The molecule has 1 atom stereocenters. The Morgan fingerprint density at radius 1 is 1.20 bits per heavy atom. The van der Waals surface area contributed by atoms with E-state index in [1.165, 1.54) is 0 Å². The average molecular weight is 277 g/mol. The number of urea groups is 1. The number of amides is 2. The van der Waals surface area contributed by atoms with Gasteiger partial charge in [-0.05, 0) is 36.0 Å². The Kier molecular flexibility index (Phi) is 5.57. The van der Waals surface area contributed by atoms with Gasteiger partial charge in [-0.2, -0.15) is 0 Å². The summed E-state index contributed by atoms with van der Waals surface area (Å²) < 4.78 is 0. The van der Waals surface area contributed by atoms with Crippen LogP contribution >= 0.6 is 0 Å². The van der Waals surface area contributed by atoms with E-state index in [1.807, 2.05) is 31.2 Å². The third-order valence-electron chi connectivity index (χ3n) is 3.96. The lowest BCUT2D eigenvalue weighted by molar-refractivity contribution is 0.223. The Morgan fingerprint density at radius 2 is 1.75 bits per heavy atom. The molecule has 0 spiro atoms. The van der Waals surface area contributed by atoms with Crippen LogP contribution in [-0.4, -0.2) is 12.6 Å². The monoisotopic (exact) mass is 277 g/mol. The van der Waals surface area contributed by atoms with Crippen molar-refractivity contribution in [2.75, 3.05) is 11.9 Å². The second-order valence-corrected chi connectivity index (χ2v) is 6.36. The summed E-state index contributed by atoms with van der Waals surface area (Å²) in [6.07, 6.45) is 0. The number of rotatable bonds is 5. The summed E-state index contributed by atoms with van der Waals surface area (Å²) in [5.41, 5.74) is 7.69. The van der Waals surface area contributed by atoms with Crippen LogP contribution < -0.4 is 16.4 Å². The zero-order chi connectivity index (χ0) is 15.3. The molecule has 1 rings (SSSR count). The van der Waals surface area contributed by atoms with E-state index in [4.69, 9.17) is 5.73 Å². The fourth-order valence-electron chi connectivity index (χ4n) is 1.56. The largest absolute Gasteiger partial charge is 0.337 e. The molecule has 1 aromatic carbocycles. The number of nitrogens with two attached hydrogens (primary N) is 1. The van der Waals surface area contributed by atoms with Gasteiger partial charge in [0.1, 0.15) is 0 Å². The molecule has 0 bridgehead atoms. The minimum Gasteiger partial charge on any atom is -0.337 e. The number of hydrogen-bond donors (Lipinski definition) is 3. The van der Waals surface area contributed by atoms with E-state index in [0.717, 1.165) is 11.3 Å². The van der Waals surface area contributed by atoms with Crippen molar-refractivity contribution in [2.45, 2.75) is 40.7 Å². The minimum absolute atomic E-state index is 0.00437. The van der Waals surface area contributed by atoms with Crippen LogP contribution in [0.15, 0.2) is 24.3 Å². The van der Waals surface area contributed by atoms with Crippen molar-refractivity contribution >= 4 is 11.7 Å². The minimum atomic E-state index is -0.174. The van der Waals surface area contributed by atoms with Crippen LogP contribution in [0.1, 0.15) is 46.2 Å². The Labute approximate surface area is 122 Å². The summed E-state index contributed by atoms with van der Waals surface area (Å²) in [6.45, 7) is 11.2. The lowest BCUT2D eigenvalue weighted by atomic mass is 9.81. The lowest BCUT2D eigenvalue weighted by Gasteiger charge is -2.29. The number of anilines is 1. The van der Waals surface area contributed by atoms with Crippen molar-refractivity contribution in [3.63, 3.8) is 0 Å². The molecule has 4 heteroatoms. The van der Waals surface area contributed by atoms with Crippen LogP contribution in [-0.2, 0) is 0 Å². The van der Waals surface area contributed by atoms with E-state index in [1.54, 1.807) is 0 Å². The van der Waals surface area contributed by atoms with Crippen molar-refractivity contribution in [1.82, 2.24) is 5.32 Å². The van der Waals surface area contributed by atoms with Gasteiger partial charge in [-0.3, -0.25) is 0 Å². The molecule has 4 N–H and O–H groups in total. The molecular weight excluding hydrogens is 250 g/mol. The molecule has 4 nitrogen and oxygen atoms in total. The Bertz CT molecular complexity index is 436. The van der Waals surface area contributed by atoms with Gasteiger partial charge in [-0.15, -0.1) is 0 Å². The fourth-order valence-corrected chi connectivity index (χ4v) is 1.56. The van der Waals surface area contributed by atoms with Gasteiger partial charge in [-0.25, -0.2) is 4.79 Å². The van der Waals surface area contributed by atoms with Gasteiger partial charge >= 0.3 is 6.03 Å². The van der Waals surface area contributed by atoms with Crippen molar-refractivity contribution in [3.8, 4) is 0 Å². The molecule has 0 aromatic heterocycles. The number of nitrogens with one attached hydrogen (secondary N) is 2. The van der Waals surface area contributed by atoms with E-state index in [9.17, 15) is 4.79 Å². The summed E-state index contributed by atoms with van der Waals surface area (Å²) in [7, 11) is 0. The van der Waals surface area contributed by atoms with Gasteiger partial charge in [0, 0.05) is 18.3 Å². The van der Waals surface area contributed by atoms with E-state index < -0.39 is 0 Å². The molecule has 1 aromatic rings. The summed E-state index contributed by atoms with van der Waals surface area (Å²) in [5, 5.41) is 5.74. The highest BCUT2D eigenvalue weighted by atomic mass is 16.2. The zero-order valence-electron chi connectivity index (χ0n) is 13.2. The topological polar surface area (TPSA) is 67.1 Å². The smallest absolute Gasteiger partial charge is 0.319 e. The highest BCUT2D eigenvalue weighted by molar-refractivity contribution is 5.89. The molecule has 0 aliphatic heterocycles. The maximum absolute atomic E-state index is 11.9. The standard InChI is InChI=1S/C16H27N3O/c1-11(2)16(4,5)10-18-15(20)19-14-8-6-13(7-9-14)12(3)17/h6-9,11-12H,10,17H2,1-5H3,(H2,18,19,20). The predicted octanol–water partition coefficient (Wildman–Crippen LogP) is 3.51. The average Bonchev–Trinajstić information content (AvgIpc) is 2.37. The van der Waals surface area contributed by atoms with Crippen molar-refractivity contribution < 1.29 is 4.79 Å². The maximum atomic E-state index is 11.9. The SMILES string of the molecule is CC(N)c1ccc(NC(=O)NCC(C)(C)C(C)C)cc1. The number of benzene rings is 1. The quantitative estimate of drug-likeness (QED) is 0.771. The molecular formula is C16H27N3O. The number of carbonyl (C=O) groups excluding carboxylic acids is 1. The summed E-state index contributed by atoms with van der Waals surface area (Å²) in [6, 6.07) is 7.42. The molecule has 0 aliphatic rings. The van der Waals surface area contributed by atoms with Gasteiger partial charge in [0.2, 0.25) is 0 Å². The van der Waals surface area contributed by atoms with Crippen LogP contribution in [0.4, 0.5) is 10.5 Å². The summed E-state index contributed by atoms with van der Waals surface area (Å²) in [4.78, 5) is 11.9. The maximum Gasteiger partial charge on any atom is 0.319 e. The molecule has 2 amide bonds. The van der Waals surface area contributed by atoms with Gasteiger partial charge < -0.3 is 16.4 Å². The Balaban J connectivity index is 2.50. The molecule has 0 radical (unpaired) electrons. The lowest BCUT2D eigenvalue weighted by Crippen LogP contribution is -2.39. The zero-order valence-corrected chi connectivity index (χ0v) is 13.2. The molecule has 0 saturated heterocycles. The molecule has 0 heterocycles. The third kappa shape index (κ3) is 4.85. The molecule has 0 aliphatic carbocycles. The van der Waals surface area contributed by atoms with Crippen molar-refractivity contribution in [3.05, 3.63) is 29.8 Å². The molecule has 1 unspecified atom stereocenters. The summed E-state index contributed by atoms with van der Waals surface area (Å²) in [5.74, 6) is 0.508. The number of hydrogen-bond acceptors (Lipinski definition) is 2. The fraction of sp³-hybridized carbons (Fsp3) is 0.562. The first-order chi connectivity index (χ1) is 9.22. The van der Waals surface area contributed by atoms with Crippen molar-refractivity contribution in [1.29, 1.82) is 0 Å². The third-order valence-corrected chi connectivity index (χ3v) is 3.96. The Hall–Kier alpha value is -1.55. The Morgan fingerprint density at radius 3 is 2.20 bits per heavy atom. The van der Waals surface area contributed by atoms with Gasteiger partial charge in [0.05, 0.1) is 0 Å². The van der Waals surface area contributed by atoms with Gasteiger partial charge in [0.15, 0.2) is 0 Å². The first kappa shape index (κ1) is 16.5. The van der Waals surface area contributed by atoms with E-state index >= 15 is 0 Å². The number of carbonyl (C=O) groups is 1. The summed E-state index contributed by atoms with van der Waals surface area (Å²) >= 11 is 0. The molecule has 112 valence electrons. The van der Waals surface area contributed by atoms with Crippen LogP contribution in [0.2, 0.25) is 0 Å². The highest BCUT2D eigenvalue weighted by Crippen LogP contribution is 2.24. The second kappa shape index (κ2) is 6.75. The van der Waals surface area contributed by atoms with Crippen LogP contribution in [0.5, 0.6) is 0 Å². The molecule has 0 fully saturated rings. The molecule has 0 saturated carbocycles. The first-order valence-electron chi connectivity index (χ1n) is 7.13. The van der Waals surface area contributed by atoms with Crippen molar-refractivity contribution in [2.24, 2.45) is 17.1 Å². The van der Waals surface area contributed by atoms with Gasteiger partial charge in [0.25, 0.3) is 0 Å². The van der Waals surface area contributed by atoms with Crippen LogP contribution in [0, 0.1) is 11.3 Å². The van der Waals surface area contributed by atoms with E-state index in [0.29, 0.717) is 12.5 Å². The van der Waals surface area contributed by atoms with Gasteiger partial charge in [-0.1, -0.05) is 39.8 Å². The predicted molar refractivity (Wildman–Crippen MR) is 84.7 cm³/mol. The first-order valence-corrected chi connectivity index (χ1v) is 7.13. The van der Waals surface area contributed by atoms with E-state index in [2.05, 4.69) is 38.3 Å². The van der Waals surface area contributed by atoms with Crippen LogP contribution in [0.3, 0.4) is 0 Å². The molecule has 20 heavy (non-hydrogen) atoms. The van der Waals surface area contributed by atoms with Crippen LogP contribution in [0.25, 0.3) is 0 Å². The van der Waals surface area contributed by atoms with E-state index in [-0.39, 0.29) is 17.5 Å². The highest BCUT2D eigenvalue weighted by Gasteiger charge is 2.22. The second-order valence-electron chi connectivity index (χ2n) is 6.36. The normalized spacial score (nSPS) is 13.2.